The van der Waals surface area contributed by atoms with Crippen LogP contribution in [0.15, 0.2) is 59.2 Å². The number of hydrogen-bond acceptors (Lipinski definition) is 3. The first-order chi connectivity index (χ1) is 10.3. The Morgan fingerprint density at radius 2 is 2.00 bits per heavy atom. The lowest BCUT2D eigenvalue weighted by Gasteiger charge is -2.10. The van der Waals surface area contributed by atoms with Crippen molar-refractivity contribution in [2.45, 2.75) is 13.2 Å². The molecule has 2 N–H and O–H groups in total. The summed E-state index contributed by atoms with van der Waals surface area (Å²) >= 11 is 3.56. The van der Waals surface area contributed by atoms with Gasteiger partial charge in [0.05, 0.1) is 12.1 Å². The molecule has 0 saturated carbocycles. The summed E-state index contributed by atoms with van der Waals surface area (Å²) in [5.41, 5.74) is 4.04. The predicted molar refractivity (Wildman–Crippen MR) is 89.1 cm³/mol. The first-order valence-corrected chi connectivity index (χ1v) is 7.53. The number of anilines is 1. The molecule has 0 saturated heterocycles. The van der Waals surface area contributed by atoms with E-state index in [1.165, 1.54) is 0 Å². The third-order valence-corrected chi connectivity index (χ3v) is 4.08. The quantitative estimate of drug-likeness (QED) is 0.750. The van der Waals surface area contributed by atoms with Crippen molar-refractivity contribution < 1.29 is 5.11 Å². The van der Waals surface area contributed by atoms with Crippen LogP contribution in [0.3, 0.4) is 0 Å². The first kappa shape index (κ1) is 14.0. The number of halogens is 1. The Morgan fingerprint density at radius 1 is 1.10 bits per heavy atom. The molecule has 0 amide bonds. The Kier molecular flexibility index (Phi) is 4.18. The predicted octanol–water partition coefficient (Wildman–Crippen LogP) is 4.10. The summed E-state index contributed by atoms with van der Waals surface area (Å²) in [5.74, 6) is 0. The normalized spacial score (nSPS) is 10.8. The van der Waals surface area contributed by atoms with E-state index in [1.807, 2.05) is 42.6 Å². The van der Waals surface area contributed by atoms with E-state index in [9.17, 15) is 5.11 Å². The van der Waals surface area contributed by atoms with Crippen molar-refractivity contribution in [3.63, 3.8) is 0 Å². The zero-order valence-electron chi connectivity index (χ0n) is 11.4. The van der Waals surface area contributed by atoms with Crippen LogP contribution < -0.4 is 5.32 Å². The second-order valence-electron chi connectivity index (χ2n) is 4.82. The molecule has 0 spiro atoms. The van der Waals surface area contributed by atoms with Gasteiger partial charge in [0.2, 0.25) is 0 Å². The molecule has 3 nitrogen and oxygen atoms in total. The van der Waals surface area contributed by atoms with Crippen molar-refractivity contribution in [2.24, 2.45) is 0 Å². The van der Waals surface area contributed by atoms with Crippen LogP contribution in [0.25, 0.3) is 10.9 Å². The number of nitrogens with zero attached hydrogens (tertiary/aromatic N) is 1. The second kappa shape index (κ2) is 6.24. The van der Waals surface area contributed by atoms with Gasteiger partial charge >= 0.3 is 0 Å². The smallest absolute Gasteiger partial charge is 0.0763 e. The molecule has 2 aromatic carbocycles. The van der Waals surface area contributed by atoms with Crippen molar-refractivity contribution >= 4 is 32.5 Å². The Hall–Kier alpha value is -1.91. The number of aromatic nitrogens is 1. The molecule has 106 valence electrons. The van der Waals surface area contributed by atoms with Crippen molar-refractivity contribution in [1.82, 2.24) is 4.98 Å². The molecular formula is C17H15BrN2O. The highest BCUT2D eigenvalue weighted by molar-refractivity contribution is 9.10. The lowest BCUT2D eigenvalue weighted by molar-refractivity contribution is 0.282. The summed E-state index contributed by atoms with van der Waals surface area (Å²) in [7, 11) is 0. The van der Waals surface area contributed by atoms with Crippen molar-refractivity contribution in [1.29, 1.82) is 0 Å². The SMILES string of the molecule is OCc1cccc(NCc2ccc(Br)c3cccnc23)c1. The number of benzene rings is 2. The highest BCUT2D eigenvalue weighted by atomic mass is 79.9. The Balaban J connectivity index is 1.87. The molecular weight excluding hydrogens is 328 g/mol. The maximum absolute atomic E-state index is 9.18. The van der Waals surface area contributed by atoms with Gasteiger partial charge in [-0.2, -0.15) is 0 Å². The summed E-state index contributed by atoms with van der Waals surface area (Å²) in [4.78, 5) is 4.48. The molecule has 0 fully saturated rings. The third kappa shape index (κ3) is 3.06. The van der Waals surface area contributed by atoms with E-state index in [-0.39, 0.29) is 6.61 Å². The van der Waals surface area contributed by atoms with Crippen LogP contribution in [0.1, 0.15) is 11.1 Å². The minimum Gasteiger partial charge on any atom is -0.392 e. The molecule has 0 unspecified atom stereocenters. The molecule has 0 bridgehead atoms. The Labute approximate surface area is 131 Å². The van der Waals surface area contributed by atoms with Gasteiger partial charge in [-0.25, -0.2) is 0 Å². The molecule has 4 heteroatoms. The average molecular weight is 343 g/mol. The molecule has 0 aliphatic heterocycles. The molecule has 0 aliphatic rings. The van der Waals surface area contributed by atoms with Crippen LogP contribution in [0, 0.1) is 0 Å². The average Bonchev–Trinajstić information content (AvgIpc) is 2.55. The molecule has 0 atom stereocenters. The number of aliphatic hydroxyl groups excluding tert-OH is 1. The summed E-state index contributed by atoms with van der Waals surface area (Å²) in [6, 6.07) is 15.9. The molecule has 0 radical (unpaired) electrons. The fraction of sp³-hybridized carbons (Fsp3) is 0.118. The maximum Gasteiger partial charge on any atom is 0.0763 e. The Bertz CT molecular complexity index is 774. The zero-order valence-corrected chi connectivity index (χ0v) is 13.0. The highest BCUT2D eigenvalue weighted by Gasteiger charge is 2.05. The van der Waals surface area contributed by atoms with Crippen LogP contribution in [0.2, 0.25) is 0 Å². The van der Waals surface area contributed by atoms with Crippen LogP contribution in [0.4, 0.5) is 5.69 Å². The van der Waals surface area contributed by atoms with Crippen molar-refractivity contribution in [3.05, 3.63) is 70.3 Å². The minimum atomic E-state index is 0.0539. The van der Waals surface area contributed by atoms with Gasteiger partial charge in [-0.3, -0.25) is 4.98 Å². The van der Waals surface area contributed by atoms with E-state index in [0.717, 1.165) is 32.2 Å². The van der Waals surface area contributed by atoms with Crippen molar-refractivity contribution in [2.75, 3.05) is 5.32 Å². The first-order valence-electron chi connectivity index (χ1n) is 6.74. The maximum atomic E-state index is 9.18. The standard InChI is InChI=1S/C17H15BrN2O/c18-16-7-6-13(17-15(16)5-2-8-19-17)10-20-14-4-1-3-12(9-14)11-21/h1-9,20-21H,10-11H2. The molecule has 3 aromatic rings. The van der Waals surface area contributed by atoms with Gasteiger partial charge < -0.3 is 10.4 Å². The van der Waals surface area contributed by atoms with Gasteiger partial charge in [-0.05, 0) is 35.4 Å². The number of nitrogens with one attached hydrogen (secondary N) is 1. The van der Waals surface area contributed by atoms with Crippen molar-refractivity contribution in [3.8, 4) is 0 Å². The molecule has 3 rings (SSSR count). The third-order valence-electron chi connectivity index (χ3n) is 3.39. The minimum absolute atomic E-state index is 0.0539. The van der Waals surface area contributed by atoms with E-state index in [1.54, 1.807) is 0 Å². The van der Waals surface area contributed by atoms with Crippen LogP contribution in [-0.4, -0.2) is 10.1 Å². The fourth-order valence-electron chi connectivity index (χ4n) is 2.32. The second-order valence-corrected chi connectivity index (χ2v) is 5.67. The number of pyridine rings is 1. The van der Waals surface area contributed by atoms with E-state index < -0.39 is 0 Å². The molecule has 21 heavy (non-hydrogen) atoms. The largest absolute Gasteiger partial charge is 0.392 e. The number of aliphatic hydroxyl groups is 1. The van der Waals surface area contributed by atoms with Crippen LogP contribution >= 0.6 is 15.9 Å². The van der Waals surface area contributed by atoms with Crippen LogP contribution in [0.5, 0.6) is 0 Å². The highest BCUT2D eigenvalue weighted by Crippen LogP contribution is 2.25. The summed E-state index contributed by atoms with van der Waals surface area (Å²) in [5, 5.41) is 13.7. The zero-order chi connectivity index (χ0) is 14.7. The Morgan fingerprint density at radius 3 is 2.86 bits per heavy atom. The molecule has 1 aromatic heterocycles. The fourth-order valence-corrected chi connectivity index (χ4v) is 2.77. The van der Waals surface area contributed by atoms with Gasteiger partial charge in [0.1, 0.15) is 0 Å². The van der Waals surface area contributed by atoms with Gasteiger partial charge in [0.25, 0.3) is 0 Å². The molecule has 0 aliphatic carbocycles. The lowest BCUT2D eigenvalue weighted by Crippen LogP contribution is -2.01. The lowest BCUT2D eigenvalue weighted by atomic mass is 10.1. The van der Waals surface area contributed by atoms with Crippen LogP contribution in [-0.2, 0) is 13.2 Å². The van der Waals surface area contributed by atoms with Gasteiger partial charge in [-0.1, -0.05) is 40.2 Å². The monoisotopic (exact) mass is 342 g/mol. The van der Waals surface area contributed by atoms with Gasteiger partial charge in [0, 0.05) is 28.3 Å². The molecule has 1 heterocycles. The number of hydrogen-bond donors (Lipinski definition) is 2. The van der Waals surface area contributed by atoms with E-state index in [4.69, 9.17) is 0 Å². The number of fused-ring (bicyclic) bond motifs is 1. The van der Waals surface area contributed by atoms with E-state index in [2.05, 4.69) is 38.4 Å². The van der Waals surface area contributed by atoms with Gasteiger partial charge in [-0.15, -0.1) is 0 Å². The summed E-state index contributed by atoms with van der Waals surface area (Å²) < 4.78 is 1.05. The topological polar surface area (TPSA) is 45.1 Å². The summed E-state index contributed by atoms with van der Waals surface area (Å²) in [6.45, 7) is 0.744. The van der Waals surface area contributed by atoms with Gasteiger partial charge in [0.15, 0.2) is 0 Å². The van der Waals surface area contributed by atoms with E-state index in [0.29, 0.717) is 6.54 Å². The van der Waals surface area contributed by atoms with E-state index >= 15 is 0 Å². The summed E-state index contributed by atoms with van der Waals surface area (Å²) in [6.07, 6.45) is 1.81. The number of rotatable bonds is 4.